The smallest absolute Gasteiger partial charge is 0.193 e. The van der Waals surface area contributed by atoms with Crippen LogP contribution < -0.4 is 20.5 Å². The van der Waals surface area contributed by atoms with E-state index in [4.69, 9.17) is 15.2 Å². The van der Waals surface area contributed by atoms with Crippen molar-refractivity contribution in [2.75, 3.05) is 26.1 Å². The number of hydrogen-bond donors (Lipinski definition) is 3. The summed E-state index contributed by atoms with van der Waals surface area (Å²) in [6.07, 6.45) is 2.77. The van der Waals surface area contributed by atoms with E-state index < -0.39 is 0 Å². The Balaban J connectivity index is 0.00000243. The number of benzene rings is 2. The largest absolute Gasteiger partial charge is 0.497 e. The first-order valence-electron chi connectivity index (χ1n) is 8.05. The van der Waals surface area contributed by atoms with Gasteiger partial charge in [0.2, 0.25) is 0 Å². The van der Waals surface area contributed by atoms with Gasteiger partial charge in [0.05, 0.1) is 14.2 Å². The highest BCUT2D eigenvalue weighted by molar-refractivity contribution is 14.0. The minimum absolute atomic E-state index is 0. The fourth-order valence-electron chi connectivity index (χ4n) is 2.75. The maximum absolute atomic E-state index is 5.96. The highest BCUT2D eigenvalue weighted by Crippen LogP contribution is 2.28. The van der Waals surface area contributed by atoms with Crippen LogP contribution in [0.15, 0.2) is 53.7 Å². The average Bonchev–Trinajstić information content (AvgIpc) is 3.05. The van der Waals surface area contributed by atoms with Gasteiger partial charge in [-0.1, -0.05) is 6.07 Å². The Morgan fingerprint density at radius 2 is 1.88 bits per heavy atom. The van der Waals surface area contributed by atoms with Gasteiger partial charge in [-0.2, -0.15) is 0 Å². The zero-order chi connectivity index (χ0) is 17.6. The molecule has 1 aromatic heterocycles. The number of guanidine groups is 1. The van der Waals surface area contributed by atoms with Gasteiger partial charge in [0.1, 0.15) is 11.5 Å². The molecule has 0 atom stereocenters. The third-order valence-electron chi connectivity index (χ3n) is 3.99. The predicted octanol–water partition coefficient (Wildman–Crippen LogP) is 3.77. The van der Waals surface area contributed by atoms with Crippen LogP contribution in [0.1, 0.15) is 5.56 Å². The predicted molar refractivity (Wildman–Crippen MR) is 117 cm³/mol. The minimum Gasteiger partial charge on any atom is -0.497 e. The number of nitrogens with one attached hydrogen (secondary N) is 2. The standard InChI is InChI=1S/C19H22N4O2.HI/c1-24-15-8-6-14(7-9-15)23-19(20)21-11-10-13-12-22-16-4-3-5-17(25-2)18(13)16;/h3-9,12,22H,10-11H2,1-2H3,(H3,20,21,23);1H. The Labute approximate surface area is 169 Å². The van der Waals surface area contributed by atoms with Gasteiger partial charge >= 0.3 is 0 Å². The number of rotatable bonds is 6. The molecular formula is C19H23IN4O2. The van der Waals surface area contributed by atoms with Crippen LogP contribution in [0, 0.1) is 0 Å². The van der Waals surface area contributed by atoms with Crippen LogP contribution in [-0.2, 0) is 6.42 Å². The van der Waals surface area contributed by atoms with Crippen molar-refractivity contribution in [2.24, 2.45) is 10.7 Å². The number of halogens is 1. The van der Waals surface area contributed by atoms with E-state index in [1.165, 1.54) is 0 Å². The molecule has 0 aliphatic carbocycles. The number of nitrogens with two attached hydrogens (primary N) is 1. The molecule has 0 radical (unpaired) electrons. The molecule has 3 aromatic rings. The second kappa shape index (κ2) is 9.33. The summed E-state index contributed by atoms with van der Waals surface area (Å²) < 4.78 is 10.6. The van der Waals surface area contributed by atoms with Crippen molar-refractivity contribution in [3.63, 3.8) is 0 Å². The molecule has 0 fully saturated rings. The minimum atomic E-state index is 0. The van der Waals surface area contributed by atoms with Gasteiger partial charge in [0.15, 0.2) is 5.96 Å². The molecule has 6 nitrogen and oxygen atoms in total. The molecule has 0 bridgehead atoms. The van der Waals surface area contributed by atoms with Crippen molar-refractivity contribution in [3.05, 3.63) is 54.2 Å². The van der Waals surface area contributed by atoms with Crippen LogP contribution in [-0.4, -0.2) is 31.7 Å². The number of methoxy groups -OCH3 is 2. The van der Waals surface area contributed by atoms with Crippen molar-refractivity contribution >= 4 is 46.5 Å². The van der Waals surface area contributed by atoms with E-state index in [-0.39, 0.29) is 24.0 Å². The van der Waals surface area contributed by atoms with E-state index in [1.54, 1.807) is 14.2 Å². The summed E-state index contributed by atoms with van der Waals surface area (Å²) in [4.78, 5) is 7.66. The number of anilines is 1. The summed E-state index contributed by atoms with van der Waals surface area (Å²) in [5, 5.41) is 4.17. The number of hydrogen-bond acceptors (Lipinski definition) is 3. The lowest BCUT2D eigenvalue weighted by Gasteiger charge is -2.07. The van der Waals surface area contributed by atoms with Gasteiger partial charge in [-0.25, -0.2) is 0 Å². The SMILES string of the molecule is COc1ccc(NC(N)=NCCc2c[nH]c3cccc(OC)c23)cc1.I. The summed E-state index contributed by atoms with van der Waals surface area (Å²) in [5.41, 5.74) is 9.05. The number of H-pyrrole nitrogens is 1. The van der Waals surface area contributed by atoms with Gasteiger partial charge in [0.25, 0.3) is 0 Å². The van der Waals surface area contributed by atoms with Crippen molar-refractivity contribution < 1.29 is 9.47 Å². The van der Waals surface area contributed by atoms with Crippen LogP contribution in [0.3, 0.4) is 0 Å². The topological polar surface area (TPSA) is 84.7 Å². The first kappa shape index (κ1) is 19.9. The van der Waals surface area contributed by atoms with Gasteiger partial charge < -0.3 is 25.5 Å². The molecule has 3 rings (SSSR count). The molecule has 138 valence electrons. The van der Waals surface area contributed by atoms with E-state index in [9.17, 15) is 0 Å². The summed E-state index contributed by atoms with van der Waals surface area (Å²) in [7, 11) is 3.32. The van der Waals surface area contributed by atoms with E-state index in [0.29, 0.717) is 12.5 Å². The monoisotopic (exact) mass is 466 g/mol. The molecule has 4 N–H and O–H groups in total. The number of ether oxygens (including phenoxy) is 2. The summed E-state index contributed by atoms with van der Waals surface area (Å²) >= 11 is 0. The first-order chi connectivity index (χ1) is 12.2. The normalized spacial score (nSPS) is 11.1. The van der Waals surface area contributed by atoms with Crippen LogP contribution in [0.25, 0.3) is 10.9 Å². The lowest BCUT2D eigenvalue weighted by atomic mass is 10.1. The van der Waals surface area contributed by atoms with Crippen LogP contribution >= 0.6 is 24.0 Å². The van der Waals surface area contributed by atoms with E-state index in [1.807, 2.05) is 48.7 Å². The Kier molecular flexibility index (Phi) is 7.14. The van der Waals surface area contributed by atoms with Crippen molar-refractivity contribution in [3.8, 4) is 11.5 Å². The molecule has 0 spiro atoms. The summed E-state index contributed by atoms with van der Waals surface area (Å²) in [6.45, 7) is 0.583. The number of aliphatic imine (C=N–C) groups is 1. The highest BCUT2D eigenvalue weighted by atomic mass is 127. The molecule has 0 aliphatic heterocycles. The van der Waals surface area contributed by atoms with E-state index >= 15 is 0 Å². The zero-order valence-electron chi connectivity index (χ0n) is 14.8. The molecular weight excluding hydrogens is 443 g/mol. The fraction of sp³-hybridized carbons (Fsp3) is 0.211. The first-order valence-corrected chi connectivity index (χ1v) is 8.05. The lowest BCUT2D eigenvalue weighted by molar-refractivity contribution is 0.415. The van der Waals surface area contributed by atoms with E-state index in [0.717, 1.165) is 40.1 Å². The van der Waals surface area contributed by atoms with Crippen LogP contribution in [0.5, 0.6) is 11.5 Å². The third-order valence-corrected chi connectivity index (χ3v) is 3.99. The van der Waals surface area contributed by atoms with Crippen LogP contribution in [0.4, 0.5) is 5.69 Å². The molecule has 0 saturated carbocycles. The molecule has 0 unspecified atom stereocenters. The number of aromatic amines is 1. The molecule has 26 heavy (non-hydrogen) atoms. The molecule has 0 saturated heterocycles. The lowest BCUT2D eigenvalue weighted by Crippen LogP contribution is -2.23. The Hall–Kier alpha value is -2.42. The molecule has 0 aliphatic rings. The second-order valence-electron chi connectivity index (χ2n) is 5.57. The van der Waals surface area contributed by atoms with E-state index in [2.05, 4.69) is 15.3 Å². The zero-order valence-corrected chi connectivity index (χ0v) is 17.1. The third kappa shape index (κ3) is 4.60. The van der Waals surface area contributed by atoms with Gasteiger partial charge in [-0.3, -0.25) is 4.99 Å². The van der Waals surface area contributed by atoms with Crippen molar-refractivity contribution in [1.29, 1.82) is 0 Å². The number of nitrogens with zero attached hydrogens (tertiary/aromatic N) is 1. The molecule has 7 heteroatoms. The van der Waals surface area contributed by atoms with Crippen LogP contribution in [0.2, 0.25) is 0 Å². The Morgan fingerprint density at radius 3 is 2.58 bits per heavy atom. The van der Waals surface area contributed by atoms with Gasteiger partial charge in [0, 0.05) is 29.3 Å². The molecule has 1 heterocycles. The van der Waals surface area contributed by atoms with Gasteiger partial charge in [-0.05, 0) is 48.4 Å². The number of aromatic nitrogens is 1. The highest BCUT2D eigenvalue weighted by Gasteiger charge is 2.08. The summed E-state index contributed by atoms with van der Waals surface area (Å²) in [6, 6.07) is 13.5. The second-order valence-corrected chi connectivity index (χ2v) is 5.57. The summed E-state index contributed by atoms with van der Waals surface area (Å²) in [5.74, 6) is 2.05. The number of fused-ring (bicyclic) bond motifs is 1. The average molecular weight is 466 g/mol. The Bertz CT molecular complexity index is 875. The molecule has 2 aromatic carbocycles. The van der Waals surface area contributed by atoms with Crippen molar-refractivity contribution in [1.82, 2.24) is 4.98 Å². The maximum atomic E-state index is 5.96. The fourth-order valence-corrected chi connectivity index (χ4v) is 2.75. The molecule has 0 amide bonds. The van der Waals surface area contributed by atoms with Crippen molar-refractivity contribution in [2.45, 2.75) is 6.42 Å². The quantitative estimate of drug-likeness (QED) is 0.294. The Morgan fingerprint density at radius 1 is 1.12 bits per heavy atom. The van der Waals surface area contributed by atoms with Gasteiger partial charge in [-0.15, -0.1) is 24.0 Å². The maximum Gasteiger partial charge on any atom is 0.193 e.